The summed E-state index contributed by atoms with van der Waals surface area (Å²) in [5, 5.41) is 8.70. The van der Waals surface area contributed by atoms with Gasteiger partial charge in [0, 0.05) is 5.92 Å². The third kappa shape index (κ3) is 2.26. The van der Waals surface area contributed by atoms with Crippen molar-refractivity contribution in [1.29, 1.82) is 0 Å². The highest BCUT2D eigenvalue weighted by atomic mass is 32.1. The molecule has 0 amide bonds. The van der Waals surface area contributed by atoms with E-state index < -0.39 is 0 Å². The summed E-state index contributed by atoms with van der Waals surface area (Å²) >= 11 is 1.44. The summed E-state index contributed by atoms with van der Waals surface area (Å²) < 4.78 is 15.4. The second-order valence-corrected chi connectivity index (χ2v) is 7.07. The predicted octanol–water partition coefficient (Wildman–Crippen LogP) is 2.95. The van der Waals surface area contributed by atoms with Crippen molar-refractivity contribution in [2.75, 3.05) is 6.54 Å². The van der Waals surface area contributed by atoms with Gasteiger partial charge in [0.15, 0.2) is 0 Å². The van der Waals surface area contributed by atoms with E-state index in [1.54, 1.807) is 13.0 Å². The molecule has 1 saturated heterocycles. The number of halogens is 1. The van der Waals surface area contributed by atoms with Crippen LogP contribution in [-0.2, 0) is 0 Å². The first-order chi connectivity index (χ1) is 11.1. The Balaban J connectivity index is 1.97. The molecule has 23 heavy (non-hydrogen) atoms. The van der Waals surface area contributed by atoms with Crippen LogP contribution in [0, 0.1) is 0 Å². The van der Waals surface area contributed by atoms with Crippen molar-refractivity contribution >= 4 is 21.9 Å². The van der Waals surface area contributed by atoms with Gasteiger partial charge in [-0.2, -0.15) is 9.61 Å². The topological polar surface area (TPSA) is 59.3 Å². The molecule has 2 aliphatic rings. The molecule has 0 radical (unpaired) electrons. The van der Waals surface area contributed by atoms with Crippen molar-refractivity contribution in [3.63, 3.8) is 0 Å². The molecule has 7 heteroatoms. The van der Waals surface area contributed by atoms with Gasteiger partial charge in [0.1, 0.15) is 10.8 Å². The number of hydrogen-bond acceptors (Lipinski definition) is 5. The summed E-state index contributed by atoms with van der Waals surface area (Å²) in [6.07, 6.45) is 5.28. The van der Waals surface area contributed by atoms with Gasteiger partial charge in [-0.05, 0) is 38.0 Å². The summed E-state index contributed by atoms with van der Waals surface area (Å²) in [5.41, 5.74) is 1.02. The lowest BCUT2D eigenvalue weighted by Crippen LogP contribution is -2.23. The second-order valence-electron chi connectivity index (χ2n) is 6.08. The van der Waals surface area contributed by atoms with E-state index >= 15 is 0 Å². The van der Waals surface area contributed by atoms with E-state index in [1.165, 1.54) is 21.9 Å². The Bertz CT molecular complexity index is 905. The minimum Gasteiger partial charge on any atom is -0.308 e. The summed E-state index contributed by atoms with van der Waals surface area (Å²) in [6, 6.07) is 0.187. The molecule has 0 saturated carbocycles. The molecule has 0 unspecified atom stereocenters. The molecule has 3 heterocycles. The number of allylic oxidation sites excluding steroid dienone is 4. The Morgan fingerprint density at radius 1 is 1.48 bits per heavy atom. The molecule has 1 fully saturated rings. The van der Waals surface area contributed by atoms with E-state index in [4.69, 9.17) is 0 Å². The lowest BCUT2D eigenvalue weighted by atomic mass is 10.0. The summed E-state index contributed by atoms with van der Waals surface area (Å²) in [4.78, 5) is 18.1. The molecule has 5 nitrogen and oxygen atoms in total. The number of hydrogen-bond donors (Lipinski definition) is 1. The number of rotatable bonds is 1. The van der Waals surface area contributed by atoms with Crippen LogP contribution in [0.3, 0.4) is 0 Å². The van der Waals surface area contributed by atoms with Gasteiger partial charge in [-0.3, -0.25) is 4.79 Å². The van der Waals surface area contributed by atoms with Crippen LogP contribution >= 0.6 is 11.3 Å². The molecule has 4 rings (SSSR count). The first kappa shape index (κ1) is 14.7. The maximum Gasteiger partial charge on any atom is 0.283 e. The van der Waals surface area contributed by atoms with Crippen molar-refractivity contribution < 1.29 is 4.39 Å². The zero-order valence-electron chi connectivity index (χ0n) is 13.0. The quantitative estimate of drug-likeness (QED) is 0.872. The minimum absolute atomic E-state index is 0.110. The summed E-state index contributed by atoms with van der Waals surface area (Å²) in [6.45, 7) is 4.51. The molecule has 1 N–H and O–H groups in total. The first-order valence-electron chi connectivity index (χ1n) is 7.78. The maximum atomic E-state index is 14.1. The first-order valence-corrected chi connectivity index (χ1v) is 8.60. The molecule has 2 atom stereocenters. The molecular weight excluding hydrogens is 315 g/mol. The molecule has 120 valence electrons. The van der Waals surface area contributed by atoms with E-state index in [2.05, 4.69) is 15.4 Å². The van der Waals surface area contributed by atoms with Gasteiger partial charge in [0.25, 0.3) is 5.56 Å². The predicted molar refractivity (Wildman–Crippen MR) is 88.4 cm³/mol. The lowest BCUT2D eigenvalue weighted by Gasteiger charge is -2.09. The van der Waals surface area contributed by atoms with E-state index in [0.717, 1.165) is 24.4 Å². The van der Waals surface area contributed by atoms with E-state index in [0.29, 0.717) is 21.8 Å². The molecular formula is C16H17FN4OS. The van der Waals surface area contributed by atoms with Crippen LogP contribution < -0.4 is 10.9 Å². The Kier molecular flexibility index (Phi) is 3.42. The van der Waals surface area contributed by atoms with E-state index in [-0.39, 0.29) is 23.3 Å². The molecule has 2 aromatic heterocycles. The zero-order valence-corrected chi connectivity index (χ0v) is 13.8. The largest absolute Gasteiger partial charge is 0.308 e. The van der Waals surface area contributed by atoms with Crippen molar-refractivity contribution in [1.82, 2.24) is 19.9 Å². The van der Waals surface area contributed by atoms with Gasteiger partial charge in [-0.1, -0.05) is 24.3 Å². The SMILES string of the molecule is CC1=C(F)C=C[C@H](C)c2nc3sc([C@H]4CCCN4)nn3c(=O)c21. The van der Waals surface area contributed by atoms with Crippen LogP contribution in [0.25, 0.3) is 10.5 Å². The third-order valence-electron chi connectivity index (χ3n) is 4.51. The van der Waals surface area contributed by atoms with Crippen molar-refractivity contribution in [3.8, 4) is 0 Å². The molecule has 2 aromatic rings. The number of nitrogens with zero attached hydrogens (tertiary/aromatic N) is 3. The van der Waals surface area contributed by atoms with Crippen molar-refractivity contribution in [3.05, 3.63) is 44.6 Å². The summed E-state index contributed by atoms with van der Waals surface area (Å²) in [7, 11) is 0. The van der Waals surface area contributed by atoms with Crippen LogP contribution in [0.15, 0.2) is 22.8 Å². The summed E-state index contributed by atoms with van der Waals surface area (Å²) in [5.74, 6) is -0.497. The van der Waals surface area contributed by atoms with Crippen molar-refractivity contribution in [2.24, 2.45) is 0 Å². The number of nitrogens with one attached hydrogen (secondary N) is 1. The molecule has 1 aliphatic heterocycles. The zero-order chi connectivity index (χ0) is 16.1. The Labute approximate surface area is 136 Å². The average Bonchev–Trinajstić information content (AvgIpc) is 3.18. The van der Waals surface area contributed by atoms with Crippen molar-refractivity contribution in [2.45, 2.75) is 38.6 Å². The van der Waals surface area contributed by atoms with Gasteiger partial charge in [-0.15, -0.1) is 0 Å². The second kappa shape index (κ2) is 5.35. The van der Waals surface area contributed by atoms with Crippen LogP contribution in [0.4, 0.5) is 4.39 Å². The number of aromatic nitrogens is 3. The smallest absolute Gasteiger partial charge is 0.283 e. The van der Waals surface area contributed by atoms with Crippen LogP contribution in [0.1, 0.15) is 54.9 Å². The normalized spacial score (nSPS) is 24.3. The maximum absolute atomic E-state index is 14.1. The standard InChI is InChI=1S/C16H17FN4OS/c1-8-5-6-10(17)9(2)12-13(8)19-16-21(15(12)22)20-14(23-16)11-4-3-7-18-11/h5-6,8,11,18H,3-4,7H2,1-2H3/t8-,11+/m0/s1. The van der Waals surface area contributed by atoms with Gasteiger partial charge in [0.05, 0.1) is 17.3 Å². The lowest BCUT2D eigenvalue weighted by molar-refractivity contribution is 0.627. The Hall–Kier alpha value is -1.86. The number of fused-ring (bicyclic) bond motifs is 2. The highest BCUT2D eigenvalue weighted by Crippen LogP contribution is 2.32. The van der Waals surface area contributed by atoms with E-state index in [1.807, 2.05) is 6.92 Å². The minimum atomic E-state index is -0.387. The fourth-order valence-corrected chi connectivity index (χ4v) is 4.17. The molecule has 0 bridgehead atoms. The van der Waals surface area contributed by atoms with Gasteiger partial charge in [0.2, 0.25) is 4.96 Å². The molecule has 0 spiro atoms. The van der Waals surface area contributed by atoms with Crippen LogP contribution in [-0.4, -0.2) is 21.1 Å². The van der Waals surface area contributed by atoms with Gasteiger partial charge in [-0.25, -0.2) is 9.37 Å². The van der Waals surface area contributed by atoms with Gasteiger partial charge < -0.3 is 5.32 Å². The highest BCUT2D eigenvalue weighted by molar-refractivity contribution is 7.16. The third-order valence-corrected chi connectivity index (χ3v) is 5.53. The average molecular weight is 332 g/mol. The molecule has 1 aliphatic carbocycles. The Morgan fingerprint density at radius 2 is 2.30 bits per heavy atom. The van der Waals surface area contributed by atoms with Crippen LogP contribution in [0.2, 0.25) is 0 Å². The molecule has 0 aromatic carbocycles. The van der Waals surface area contributed by atoms with Gasteiger partial charge >= 0.3 is 0 Å². The Morgan fingerprint density at radius 3 is 3.04 bits per heavy atom. The highest BCUT2D eigenvalue weighted by Gasteiger charge is 2.26. The van der Waals surface area contributed by atoms with E-state index in [9.17, 15) is 9.18 Å². The van der Waals surface area contributed by atoms with Crippen LogP contribution in [0.5, 0.6) is 0 Å². The fourth-order valence-electron chi connectivity index (χ4n) is 3.16. The monoisotopic (exact) mass is 332 g/mol. The fraction of sp³-hybridized carbons (Fsp3) is 0.438.